The maximum absolute atomic E-state index is 13.1. The van der Waals surface area contributed by atoms with Crippen LogP contribution in [0, 0.1) is 38.1 Å². The fourth-order valence-electron chi connectivity index (χ4n) is 9.33. The van der Waals surface area contributed by atoms with E-state index in [0.717, 1.165) is 54.1 Å². The van der Waals surface area contributed by atoms with E-state index in [2.05, 4.69) is 36.4 Å². The van der Waals surface area contributed by atoms with Gasteiger partial charge in [0.2, 0.25) is 0 Å². The van der Waals surface area contributed by atoms with Crippen LogP contribution >= 0.6 is 22.6 Å². The van der Waals surface area contributed by atoms with Crippen molar-refractivity contribution < 1.29 is 29.0 Å². The highest BCUT2D eigenvalue weighted by Gasteiger charge is 2.70. The molecule has 4 fully saturated rings. The predicted octanol–water partition coefficient (Wildman–Crippen LogP) is 5.65. The van der Waals surface area contributed by atoms with Crippen LogP contribution in [0.25, 0.3) is 0 Å². The first-order chi connectivity index (χ1) is 17.9. The zero-order chi connectivity index (χ0) is 27.5. The highest BCUT2D eigenvalue weighted by atomic mass is 127. The number of halogens is 1. The highest BCUT2D eigenvalue weighted by Crippen LogP contribution is 2.68. The molecule has 0 heterocycles. The maximum atomic E-state index is 13.1. The second-order valence-electron chi connectivity index (χ2n) is 13.0. The SMILES string of the molecule is CC(=O)OC1CCC2(C)C3CCC4(C)C(C[C@@H](OC(=O)Cc5cccc(I)c5)[C@]4(O)C(C)=O)C3CC[C@H]2C1. The molecule has 6 nitrogen and oxygen atoms in total. The number of hydrogen-bond donors (Lipinski definition) is 1. The van der Waals surface area contributed by atoms with Crippen molar-refractivity contribution >= 4 is 40.3 Å². The third kappa shape index (κ3) is 4.53. The lowest BCUT2D eigenvalue weighted by Crippen LogP contribution is -2.61. The van der Waals surface area contributed by atoms with Gasteiger partial charge in [-0.05, 0) is 128 Å². The van der Waals surface area contributed by atoms with Crippen LogP contribution in [0.5, 0.6) is 0 Å². The number of carbonyl (C=O) groups is 3. The summed E-state index contributed by atoms with van der Waals surface area (Å²) in [6, 6.07) is 7.74. The van der Waals surface area contributed by atoms with Crippen LogP contribution in [0.2, 0.25) is 0 Å². The number of hydrogen-bond acceptors (Lipinski definition) is 6. The van der Waals surface area contributed by atoms with Crippen molar-refractivity contribution in [3.8, 4) is 0 Å². The molecule has 4 saturated carbocycles. The lowest BCUT2D eigenvalue weighted by molar-refractivity contribution is -0.191. The van der Waals surface area contributed by atoms with Gasteiger partial charge >= 0.3 is 11.9 Å². The second-order valence-corrected chi connectivity index (χ2v) is 14.2. The Kier molecular flexibility index (Phi) is 7.51. The van der Waals surface area contributed by atoms with Crippen LogP contribution in [0.15, 0.2) is 24.3 Å². The molecule has 0 bridgehead atoms. The number of rotatable bonds is 5. The smallest absolute Gasteiger partial charge is 0.310 e. The van der Waals surface area contributed by atoms with Gasteiger partial charge in [0, 0.05) is 15.9 Å². The molecule has 0 amide bonds. The minimum Gasteiger partial charge on any atom is -0.463 e. The molecular weight excluding hydrogens is 595 g/mol. The number of aliphatic hydroxyl groups is 1. The lowest BCUT2D eigenvalue weighted by atomic mass is 9.44. The van der Waals surface area contributed by atoms with Crippen LogP contribution in [0.1, 0.15) is 84.6 Å². The zero-order valence-corrected chi connectivity index (χ0v) is 25.2. The molecule has 208 valence electrons. The Bertz CT molecular complexity index is 1120. The topological polar surface area (TPSA) is 89.9 Å². The van der Waals surface area contributed by atoms with Gasteiger partial charge in [0.15, 0.2) is 11.4 Å². The Labute approximate surface area is 239 Å². The number of esters is 2. The molecule has 4 aliphatic rings. The summed E-state index contributed by atoms with van der Waals surface area (Å²) in [5.74, 6) is 0.624. The normalized spacial score (nSPS) is 41.8. The van der Waals surface area contributed by atoms with Gasteiger partial charge < -0.3 is 14.6 Å². The quantitative estimate of drug-likeness (QED) is 0.332. The minimum atomic E-state index is -1.67. The summed E-state index contributed by atoms with van der Waals surface area (Å²) in [6.45, 7) is 7.43. The van der Waals surface area contributed by atoms with Crippen molar-refractivity contribution in [1.29, 1.82) is 0 Å². The summed E-state index contributed by atoms with van der Waals surface area (Å²) in [4.78, 5) is 37.7. The number of benzene rings is 1. The van der Waals surface area contributed by atoms with Gasteiger partial charge in [-0.25, -0.2) is 0 Å². The van der Waals surface area contributed by atoms with E-state index >= 15 is 0 Å². The fraction of sp³-hybridized carbons (Fsp3) is 0.710. The number of carbonyl (C=O) groups excluding carboxylic acids is 3. The first-order valence-electron chi connectivity index (χ1n) is 14.2. The van der Waals surface area contributed by atoms with Gasteiger partial charge in [0.05, 0.1) is 6.42 Å². The van der Waals surface area contributed by atoms with E-state index in [1.165, 1.54) is 13.8 Å². The van der Waals surface area contributed by atoms with Crippen LogP contribution in [0.4, 0.5) is 0 Å². The standard InChI is InChI=1S/C31H41IO6/c1-18(33)31(36)27(38-28(35)15-20-6-5-7-22(32)14-20)17-26-24-9-8-21-16-23(37-19(2)34)10-12-29(21,3)25(24)11-13-30(26,31)4/h5-7,14,21,23-27,36H,8-13,15-17H2,1-4H3/t21-,23?,24?,25?,26?,27+,29?,30?,31+/m0/s1. The highest BCUT2D eigenvalue weighted by molar-refractivity contribution is 14.1. The largest absolute Gasteiger partial charge is 0.463 e. The maximum Gasteiger partial charge on any atom is 0.310 e. The lowest BCUT2D eigenvalue weighted by Gasteiger charge is -2.61. The van der Waals surface area contributed by atoms with Crippen LogP contribution in [-0.4, -0.2) is 40.6 Å². The summed E-state index contributed by atoms with van der Waals surface area (Å²) < 4.78 is 12.6. The Hall–Kier alpha value is -1.48. The number of ether oxygens (including phenoxy) is 2. The van der Waals surface area contributed by atoms with E-state index in [4.69, 9.17) is 9.47 Å². The molecule has 6 unspecified atom stereocenters. The van der Waals surface area contributed by atoms with E-state index in [-0.39, 0.29) is 35.6 Å². The molecule has 0 aromatic heterocycles. The van der Waals surface area contributed by atoms with E-state index in [0.29, 0.717) is 24.2 Å². The van der Waals surface area contributed by atoms with E-state index in [1.807, 2.05) is 24.3 Å². The van der Waals surface area contributed by atoms with Gasteiger partial charge in [-0.1, -0.05) is 26.0 Å². The fourth-order valence-corrected chi connectivity index (χ4v) is 9.94. The van der Waals surface area contributed by atoms with Crippen molar-refractivity contribution in [2.75, 3.05) is 0 Å². The Morgan fingerprint density at radius 2 is 1.76 bits per heavy atom. The molecule has 7 heteroatoms. The molecule has 1 N–H and O–H groups in total. The molecule has 0 spiro atoms. The zero-order valence-electron chi connectivity index (χ0n) is 23.0. The van der Waals surface area contributed by atoms with Crippen LogP contribution in [-0.2, 0) is 30.3 Å². The molecule has 0 aliphatic heterocycles. The van der Waals surface area contributed by atoms with Gasteiger partial charge in [-0.3, -0.25) is 14.4 Å². The van der Waals surface area contributed by atoms with Crippen molar-refractivity contribution in [2.24, 2.45) is 34.5 Å². The minimum absolute atomic E-state index is 0.0157. The summed E-state index contributed by atoms with van der Waals surface area (Å²) in [7, 11) is 0. The van der Waals surface area contributed by atoms with Gasteiger partial charge in [-0.2, -0.15) is 0 Å². The summed E-state index contributed by atoms with van der Waals surface area (Å²) in [5.41, 5.74) is -1.26. The molecule has 9 atom stereocenters. The average Bonchev–Trinajstić information content (AvgIpc) is 3.06. The van der Waals surface area contributed by atoms with Crippen molar-refractivity contribution in [3.63, 3.8) is 0 Å². The van der Waals surface area contributed by atoms with Gasteiger partial charge in [0.25, 0.3) is 0 Å². The molecule has 1 aromatic rings. The Morgan fingerprint density at radius 1 is 1.00 bits per heavy atom. The van der Waals surface area contributed by atoms with Crippen molar-refractivity contribution in [3.05, 3.63) is 33.4 Å². The Balaban J connectivity index is 1.37. The second kappa shape index (κ2) is 10.2. The molecule has 0 saturated heterocycles. The molecule has 5 rings (SSSR count). The summed E-state index contributed by atoms with van der Waals surface area (Å²) in [6.07, 6.45) is 6.51. The van der Waals surface area contributed by atoms with E-state index < -0.39 is 23.1 Å². The summed E-state index contributed by atoms with van der Waals surface area (Å²) >= 11 is 2.22. The van der Waals surface area contributed by atoms with Gasteiger partial charge in [0.1, 0.15) is 12.2 Å². The first kappa shape index (κ1) is 28.1. The molecular formula is C31H41IO6. The monoisotopic (exact) mass is 636 g/mol. The number of Topliss-reactive ketones (excluding diaryl/α,β-unsaturated/α-hetero) is 1. The molecule has 0 radical (unpaired) electrons. The molecule has 38 heavy (non-hydrogen) atoms. The van der Waals surface area contributed by atoms with Crippen molar-refractivity contribution in [1.82, 2.24) is 0 Å². The van der Waals surface area contributed by atoms with Crippen LogP contribution in [0.3, 0.4) is 0 Å². The van der Waals surface area contributed by atoms with E-state index in [9.17, 15) is 19.5 Å². The van der Waals surface area contributed by atoms with Crippen molar-refractivity contribution in [2.45, 2.75) is 103 Å². The van der Waals surface area contributed by atoms with E-state index in [1.54, 1.807) is 0 Å². The number of fused-ring (bicyclic) bond motifs is 5. The third-order valence-corrected chi connectivity index (χ3v) is 11.9. The molecule has 1 aromatic carbocycles. The predicted molar refractivity (Wildman–Crippen MR) is 151 cm³/mol. The molecule has 4 aliphatic carbocycles. The van der Waals surface area contributed by atoms with Gasteiger partial charge in [-0.15, -0.1) is 0 Å². The average molecular weight is 637 g/mol. The van der Waals surface area contributed by atoms with Crippen LogP contribution < -0.4 is 0 Å². The Morgan fingerprint density at radius 3 is 2.45 bits per heavy atom. The third-order valence-electron chi connectivity index (χ3n) is 11.2. The first-order valence-corrected chi connectivity index (χ1v) is 15.3. The summed E-state index contributed by atoms with van der Waals surface area (Å²) in [5, 5.41) is 12.1. The number of ketones is 1.